The van der Waals surface area contributed by atoms with Gasteiger partial charge in [0.25, 0.3) is 0 Å². The van der Waals surface area contributed by atoms with Gasteiger partial charge in [-0.05, 0) is 73.9 Å². The van der Waals surface area contributed by atoms with Gasteiger partial charge in [0.2, 0.25) is 5.91 Å². The minimum absolute atomic E-state index is 0.0255. The van der Waals surface area contributed by atoms with E-state index in [0.717, 1.165) is 24.0 Å². The fraction of sp³-hybridized carbons (Fsp3) is 0.444. The van der Waals surface area contributed by atoms with Crippen molar-refractivity contribution in [1.29, 1.82) is 0 Å². The van der Waals surface area contributed by atoms with Gasteiger partial charge >= 0.3 is 0 Å². The Kier molecular flexibility index (Phi) is 6.72. The van der Waals surface area contributed by atoms with Crippen molar-refractivity contribution in [1.82, 2.24) is 4.90 Å². The summed E-state index contributed by atoms with van der Waals surface area (Å²) in [5.74, 6) is 0.436. The first-order valence-corrected chi connectivity index (χ1v) is 12.1. The highest BCUT2D eigenvalue weighted by atomic mass is 35.5. The number of likely N-dealkylation sites (tertiary alicyclic amines) is 1. The quantitative estimate of drug-likeness (QED) is 0.451. The Labute approximate surface area is 201 Å². The summed E-state index contributed by atoms with van der Waals surface area (Å²) in [6.45, 7) is 7.77. The zero-order valence-electron chi connectivity index (χ0n) is 18.7. The maximum Gasteiger partial charge on any atom is 0.229 e. The van der Waals surface area contributed by atoms with E-state index in [1.807, 2.05) is 67.3 Å². The molecule has 2 aliphatic rings. The monoisotopic (exact) mass is 471 g/mol. The number of hydrogen-bond donors (Lipinski definition) is 1. The molecule has 0 spiro atoms. The summed E-state index contributed by atoms with van der Waals surface area (Å²) in [6.07, 6.45) is 4.55. The van der Waals surface area contributed by atoms with E-state index in [2.05, 4.69) is 12.6 Å². The van der Waals surface area contributed by atoms with Crippen molar-refractivity contribution in [2.75, 3.05) is 0 Å². The van der Waals surface area contributed by atoms with Crippen LogP contribution in [0.5, 0.6) is 0 Å². The Hall–Kier alpha value is -1.81. The molecule has 0 radical (unpaired) electrons. The van der Waals surface area contributed by atoms with Gasteiger partial charge in [-0.2, -0.15) is 0 Å². The number of carbonyl (C=O) groups is 1. The van der Waals surface area contributed by atoms with E-state index in [4.69, 9.17) is 23.2 Å². The summed E-state index contributed by atoms with van der Waals surface area (Å²) >= 11 is 12.6. The molecule has 32 heavy (non-hydrogen) atoms. The van der Waals surface area contributed by atoms with Crippen LogP contribution in [0.2, 0.25) is 10.0 Å². The summed E-state index contributed by atoms with van der Waals surface area (Å²) < 4.78 is 0. The number of amides is 1. The van der Waals surface area contributed by atoms with Crippen molar-refractivity contribution < 1.29 is 9.90 Å². The van der Waals surface area contributed by atoms with Crippen LogP contribution in [0.1, 0.15) is 62.6 Å². The lowest BCUT2D eigenvalue weighted by atomic mass is 9.66. The Morgan fingerprint density at radius 3 is 2.41 bits per heavy atom. The number of piperidine rings is 1. The second kappa shape index (κ2) is 9.21. The maximum absolute atomic E-state index is 14.1. The van der Waals surface area contributed by atoms with Gasteiger partial charge in [0.05, 0.1) is 23.6 Å². The average molecular weight is 472 g/mol. The Bertz CT molecular complexity index is 983. The molecule has 0 unspecified atom stereocenters. The number of benzene rings is 2. The smallest absolute Gasteiger partial charge is 0.229 e. The third-order valence-corrected chi connectivity index (χ3v) is 7.59. The van der Waals surface area contributed by atoms with Gasteiger partial charge in [-0.25, -0.2) is 0 Å². The second-order valence-corrected chi connectivity index (χ2v) is 10.6. The molecule has 3 nitrogen and oxygen atoms in total. The standard InChI is InChI=1S/C27H31Cl2NO2/c1-4-14-27(3)16-23(20-6-5-7-22(29)15-20)25(19-10-12-21(28)13-11-19)30(26(27)32)24(17(2)31)18-8-9-18/h4-7,10-13,15,17-18,23-25,31H,1,8-9,14,16H2,2-3H3/t17-,23-,24-,25-,27+/m1/s1. The summed E-state index contributed by atoms with van der Waals surface area (Å²) in [5.41, 5.74) is 1.53. The van der Waals surface area contributed by atoms with Gasteiger partial charge in [-0.3, -0.25) is 4.79 Å². The van der Waals surface area contributed by atoms with Crippen molar-refractivity contribution >= 4 is 29.1 Å². The van der Waals surface area contributed by atoms with E-state index in [0.29, 0.717) is 28.8 Å². The Morgan fingerprint density at radius 1 is 1.16 bits per heavy atom. The topological polar surface area (TPSA) is 40.5 Å². The Morgan fingerprint density at radius 2 is 1.84 bits per heavy atom. The van der Waals surface area contributed by atoms with Crippen molar-refractivity contribution in [3.63, 3.8) is 0 Å². The van der Waals surface area contributed by atoms with Gasteiger partial charge in [-0.15, -0.1) is 6.58 Å². The number of halogens is 2. The molecule has 1 N–H and O–H groups in total. The lowest BCUT2D eigenvalue weighted by Crippen LogP contribution is -2.58. The minimum atomic E-state index is -0.618. The van der Waals surface area contributed by atoms with E-state index in [1.165, 1.54) is 0 Å². The molecule has 1 aliphatic carbocycles. The molecule has 0 aromatic heterocycles. The van der Waals surface area contributed by atoms with Crippen LogP contribution in [-0.2, 0) is 4.79 Å². The third kappa shape index (κ3) is 4.48. The predicted molar refractivity (Wildman–Crippen MR) is 131 cm³/mol. The molecule has 170 valence electrons. The molecular formula is C27H31Cl2NO2. The van der Waals surface area contributed by atoms with Gasteiger partial charge in [-0.1, -0.05) is 60.5 Å². The third-order valence-electron chi connectivity index (χ3n) is 7.11. The van der Waals surface area contributed by atoms with Crippen LogP contribution in [0.4, 0.5) is 0 Å². The molecule has 5 heteroatoms. The van der Waals surface area contributed by atoms with Crippen molar-refractivity contribution in [3.05, 3.63) is 82.4 Å². The molecule has 2 aromatic rings. The van der Waals surface area contributed by atoms with Crippen molar-refractivity contribution in [2.45, 2.75) is 63.6 Å². The van der Waals surface area contributed by atoms with Crippen molar-refractivity contribution in [2.24, 2.45) is 11.3 Å². The van der Waals surface area contributed by atoms with E-state index in [1.54, 1.807) is 0 Å². The largest absolute Gasteiger partial charge is 0.391 e. The van der Waals surface area contributed by atoms with Gasteiger partial charge in [0.1, 0.15) is 0 Å². The molecule has 4 rings (SSSR count). The molecular weight excluding hydrogens is 441 g/mol. The predicted octanol–water partition coefficient (Wildman–Crippen LogP) is 6.79. The number of aliphatic hydroxyl groups excluding tert-OH is 1. The van der Waals surface area contributed by atoms with E-state index >= 15 is 0 Å². The average Bonchev–Trinajstić information content (AvgIpc) is 3.57. The fourth-order valence-corrected chi connectivity index (χ4v) is 5.83. The lowest BCUT2D eigenvalue weighted by Gasteiger charge is -2.53. The highest BCUT2D eigenvalue weighted by Crippen LogP contribution is 2.54. The van der Waals surface area contributed by atoms with Gasteiger partial charge < -0.3 is 10.0 Å². The normalized spacial score (nSPS) is 27.8. The highest BCUT2D eigenvalue weighted by molar-refractivity contribution is 6.30. The maximum atomic E-state index is 14.1. The molecule has 1 saturated carbocycles. The fourth-order valence-electron chi connectivity index (χ4n) is 5.51. The van der Waals surface area contributed by atoms with Crippen LogP contribution in [-0.4, -0.2) is 28.1 Å². The zero-order valence-corrected chi connectivity index (χ0v) is 20.2. The summed E-state index contributed by atoms with van der Waals surface area (Å²) in [7, 11) is 0. The van der Waals surface area contributed by atoms with Crippen LogP contribution >= 0.6 is 23.2 Å². The highest BCUT2D eigenvalue weighted by Gasteiger charge is 2.54. The molecule has 2 aromatic carbocycles. The van der Waals surface area contributed by atoms with Crippen molar-refractivity contribution in [3.8, 4) is 0 Å². The van der Waals surface area contributed by atoms with E-state index in [9.17, 15) is 9.90 Å². The van der Waals surface area contributed by atoms with Gasteiger partial charge in [0, 0.05) is 16.0 Å². The van der Waals surface area contributed by atoms with Crippen LogP contribution in [0.15, 0.2) is 61.2 Å². The van der Waals surface area contributed by atoms with Crippen LogP contribution in [0.25, 0.3) is 0 Å². The second-order valence-electron chi connectivity index (χ2n) is 9.70. The number of hydrogen-bond acceptors (Lipinski definition) is 2. The first kappa shape index (κ1) is 23.4. The SMILES string of the molecule is C=CC[C@@]1(C)C[C@H](c2cccc(Cl)c2)[C@@H](c2ccc(Cl)cc2)N([C@@H](C2CC2)[C@@H](C)O)C1=O. The molecule has 2 fully saturated rings. The lowest BCUT2D eigenvalue weighted by molar-refractivity contribution is -0.159. The molecule has 5 atom stereocenters. The van der Waals surface area contributed by atoms with Gasteiger partial charge in [0.15, 0.2) is 0 Å². The number of rotatable bonds is 7. The Balaban J connectivity index is 1.91. The zero-order chi connectivity index (χ0) is 23.0. The summed E-state index contributed by atoms with van der Waals surface area (Å²) in [6, 6.07) is 15.3. The molecule has 1 saturated heterocycles. The first-order chi connectivity index (χ1) is 15.2. The number of carbonyl (C=O) groups excluding carboxylic acids is 1. The molecule has 1 heterocycles. The number of allylic oxidation sites excluding steroid dienone is 1. The van der Waals surface area contributed by atoms with Crippen LogP contribution in [0, 0.1) is 11.3 Å². The summed E-state index contributed by atoms with van der Waals surface area (Å²) in [4.78, 5) is 16.1. The molecule has 1 aliphatic heterocycles. The number of aliphatic hydroxyl groups is 1. The summed E-state index contributed by atoms with van der Waals surface area (Å²) in [5, 5.41) is 12.2. The van der Waals surface area contributed by atoms with E-state index in [-0.39, 0.29) is 23.9 Å². The van der Waals surface area contributed by atoms with Crippen LogP contribution < -0.4 is 0 Å². The first-order valence-electron chi connectivity index (χ1n) is 11.4. The molecule has 1 amide bonds. The van der Waals surface area contributed by atoms with E-state index < -0.39 is 11.5 Å². The number of nitrogens with zero attached hydrogens (tertiary/aromatic N) is 1. The molecule has 0 bridgehead atoms. The van der Waals surface area contributed by atoms with Crippen LogP contribution in [0.3, 0.4) is 0 Å². The minimum Gasteiger partial charge on any atom is -0.391 e.